The van der Waals surface area contributed by atoms with E-state index >= 15 is 0 Å². The molecule has 2 aromatic rings. The highest BCUT2D eigenvalue weighted by Crippen LogP contribution is 2.31. The van der Waals surface area contributed by atoms with Crippen LogP contribution in [-0.4, -0.2) is 18.5 Å². The van der Waals surface area contributed by atoms with Crippen molar-refractivity contribution in [2.45, 2.75) is 54.4 Å². The van der Waals surface area contributed by atoms with E-state index in [-0.39, 0.29) is 16.0 Å². The van der Waals surface area contributed by atoms with Gasteiger partial charge in [0.1, 0.15) is 0 Å². The summed E-state index contributed by atoms with van der Waals surface area (Å²) >= 11 is 0. The highest BCUT2D eigenvalue weighted by atomic mass is 16.6. The van der Waals surface area contributed by atoms with Crippen molar-refractivity contribution in [3.05, 3.63) is 58.1 Å². The number of anilines is 1. The maximum atomic E-state index is 11.3. The molecule has 0 aliphatic carbocycles. The van der Waals surface area contributed by atoms with Crippen molar-refractivity contribution < 1.29 is 4.92 Å². The Kier molecular flexibility index (Phi) is 7.34. The summed E-state index contributed by atoms with van der Waals surface area (Å²) in [5, 5.41) is 19.9. The van der Waals surface area contributed by atoms with E-state index in [0.29, 0.717) is 23.1 Å². The van der Waals surface area contributed by atoms with Gasteiger partial charge in [-0.3, -0.25) is 10.1 Å². The summed E-state index contributed by atoms with van der Waals surface area (Å²) in [6, 6.07) is 12.9. The third kappa shape index (κ3) is 7.58. The molecule has 0 aliphatic heterocycles. The number of benzene rings is 2. The summed E-state index contributed by atoms with van der Waals surface area (Å²) in [7, 11) is 2.09. The summed E-state index contributed by atoms with van der Waals surface area (Å²) < 4.78 is 0. The smallest absolute Gasteiger partial charge is 0.272 e. The summed E-state index contributed by atoms with van der Waals surface area (Å²) in [5.41, 5.74) is 3.56. The van der Waals surface area contributed by atoms with Crippen molar-refractivity contribution in [2.24, 2.45) is 21.1 Å². The average molecular weight is 411 g/mol. The van der Waals surface area contributed by atoms with Crippen LogP contribution < -0.4 is 4.90 Å². The van der Waals surface area contributed by atoms with E-state index in [0.717, 1.165) is 24.3 Å². The van der Waals surface area contributed by atoms with Gasteiger partial charge in [0.05, 0.1) is 16.3 Å². The maximum Gasteiger partial charge on any atom is 0.272 e. The van der Waals surface area contributed by atoms with Gasteiger partial charge in [-0.2, -0.15) is 10.2 Å². The van der Waals surface area contributed by atoms with Crippen LogP contribution in [0.15, 0.2) is 52.7 Å². The zero-order valence-electron chi connectivity index (χ0n) is 19.3. The molecule has 30 heavy (non-hydrogen) atoms. The lowest BCUT2D eigenvalue weighted by molar-refractivity contribution is -0.385. The summed E-state index contributed by atoms with van der Waals surface area (Å²) in [6.07, 6.45) is 1.71. The van der Waals surface area contributed by atoms with E-state index in [2.05, 4.69) is 63.7 Å². The molecule has 6 nitrogen and oxygen atoms in total. The molecule has 0 aromatic heterocycles. The van der Waals surface area contributed by atoms with Gasteiger partial charge in [-0.05, 0) is 60.1 Å². The largest absolute Gasteiger partial charge is 0.375 e. The molecular weight excluding hydrogens is 376 g/mol. The standard InChI is InChI=1S/C24H34N4O2/c1-23(2,3)14-15-27(7)21-11-8-19(9-12-21)25-26-20-10-13-22(28(29)30)18(16-20)17-24(4,5)6/h8-13,16H,14-15,17H2,1-7H3. The molecule has 0 saturated carbocycles. The second kappa shape index (κ2) is 9.37. The first-order valence-electron chi connectivity index (χ1n) is 10.3. The molecule has 2 aromatic carbocycles. The van der Waals surface area contributed by atoms with E-state index < -0.39 is 0 Å². The van der Waals surface area contributed by atoms with Crippen LogP contribution in [0.5, 0.6) is 0 Å². The second-order valence-electron chi connectivity index (χ2n) is 10.3. The van der Waals surface area contributed by atoms with Gasteiger partial charge in [0, 0.05) is 30.9 Å². The predicted octanol–water partition coefficient (Wildman–Crippen LogP) is 7.47. The number of rotatable bonds is 7. The van der Waals surface area contributed by atoms with Gasteiger partial charge >= 0.3 is 0 Å². The van der Waals surface area contributed by atoms with Crippen molar-refractivity contribution in [2.75, 3.05) is 18.5 Å². The Labute approximate surface area is 180 Å². The van der Waals surface area contributed by atoms with Gasteiger partial charge in [-0.15, -0.1) is 0 Å². The van der Waals surface area contributed by atoms with Crippen LogP contribution in [0.4, 0.5) is 22.7 Å². The van der Waals surface area contributed by atoms with Crippen LogP contribution in [0.1, 0.15) is 53.5 Å². The lowest BCUT2D eigenvalue weighted by Gasteiger charge is -2.25. The molecule has 0 aliphatic rings. The first kappa shape index (κ1) is 23.5. The molecule has 0 bridgehead atoms. The normalized spacial score (nSPS) is 12.4. The van der Waals surface area contributed by atoms with Crippen LogP contribution in [0.2, 0.25) is 0 Å². The molecule has 6 heteroatoms. The minimum Gasteiger partial charge on any atom is -0.375 e. The molecule has 0 unspecified atom stereocenters. The molecule has 0 N–H and O–H groups in total. The molecule has 0 heterocycles. The Hall–Kier alpha value is -2.76. The summed E-state index contributed by atoms with van der Waals surface area (Å²) in [5.74, 6) is 0. The lowest BCUT2D eigenvalue weighted by atomic mass is 9.87. The Balaban J connectivity index is 2.13. The molecule has 0 fully saturated rings. The van der Waals surface area contributed by atoms with Crippen molar-refractivity contribution in [1.29, 1.82) is 0 Å². The van der Waals surface area contributed by atoms with E-state index in [1.165, 1.54) is 6.07 Å². The first-order valence-corrected chi connectivity index (χ1v) is 10.3. The Morgan fingerprint density at radius 2 is 1.47 bits per heavy atom. The number of hydrogen-bond acceptors (Lipinski definition) is 5. The number of hydrogen-bond donors (Lipinski definition) is 0. The number of nitrogens with zero attached hydrogens (tertiary/aromatic N) is 4. The topological polar surface area (TPSA) is 71.1 Å². The fourth-order valence-electron chi connectivity index (χ4n) is 3.05. The van der Waals surface area contributed by atoms with E-state index in [9.17, 15) is 10.1 Å². The summed E-state index contributed by atoms with van der Waals surface area (Å²) in [4.78, 5) is 13.2. The van der Waals surface area contributed by atoms with E-state index in [1.54, 1.807) is 12.1 Å². The Morgan fingerprint density at radius 1 is 0.900 bits per heavy atom. The molecule has 162 valence electrons. The van der Waals surface area contributed by atoms with Crippen LogP contribution in [-0.2, 0) is 6.42 Å². The van der Waals surface area contributed by atoms with E-state index in [4.69, 9.17) is 0 Å². The van der Waals surface area contributed by atoms with E-state index in [1.807, 2.05) is 24.3 Å². The monoisotopic (exact) mass is 410 g/mol. The van der Waals surface area contributed by atoms with Crippen molar-refractivity contribution in [3.63, 3.8) is 0 Å². The SMILES string of the molecule is CN(CCC(C)(C)C)c1ccc(N=Nc2ccc([N+](=O)[O-])c(CC(C)(C)C)c2)cc1. The second-order valence-corrected chi connectivity index (χ2v) is 10.3. The van der Waals surface area contributed by atoms with Crippen LogP contribution in [0.25, 0.3) is 0 Å². The zero-order valence-corrected chi connectivity index (χ0v) is 19.3. The average Bonchev–Trinajstić information content (AvgIpc) is 2.63. The number of nitro benzene ring substituents is 1. The van der Waals surface area contributed by atoms with Crippen LogP contribution in [0.3, 0.4) is 0 Å². The Morgan fingerprint density at radius 3 is 2.00 bits per heavy atom. The third-order valence-electron chi connectivity index (χ3n) is 4.75. The van der Waals surface area contributed by atoms with Gasteiger partial charge in [-0.1, -0.05) is 41.5 Å². The highest BCUT2D eigenvalue weighted by molar-refractivity contribution is 5.54. The number of azo groups is 1. The minimum atomic E-state index is -0.336. The summed E-state index contributed by atoms with van der Waals surface area (Å²) in [6.45, 7) is 13.9. The molecular formula is C24H34N4O2. The van der Waals surface area contributed by atoms with Crippen molar-refractivity contribution in [1.82, 2.24) is 0 Å². The predicted molar refractivity (Wildman–Crippen MR) is 124 cm³/mol. The number of nitro groups is 1. The van der Waals surface area contributed by atoms with Gasteiger partial charge < -0.3 is 4.90 Å². The van der Waals surface area contributed by atoms with Gasteiger partial charge in [0.25, 0.3) is 5.69 Å². The van der Waals surface area contributed by atoms with Gasteiger partial charge in [0.2, 0.25) is 0 Å². The van der Waals surface area contributed by atoms with Crippen LogP contribution >= 0.6 is 0 Å². The lowest BCUT2D eigenvalue weighted by Crippen LogP contribution is -2.22. The zero-order chi connectivity index (χ0) is 22.5. The molecule has 0 amide bonds. The molecule has 0 saturated heterocycles. The third-order valence-corrected chi connectivity index (χ3v) is 4.75. The molecule has 0 radical (unpaired) electrons. The molecule has 2 rings (SSSR count). The van der Waals surface area contributed by atoms with Crippen LogP contribution in [0, 0.1) is 20.9 Å². The van der Waals surface area contributed by atoms with Gasteiger partial charge in [-0.25, -0.2) is 0 Å². The molecule has 0 spiro atoms. The Bertz CT molecular complexity index is 891. The fraction of sp³-hybridized carbons (Fsp3) is 0.500. The maximum absolute atomic E-state index is 11.3. The van der Waals surface area contributed by atoms with Crippen molar-refractivity contribution >= 4 is 22.7 Å². The first-order chi connectivity index (χ1) is 13.8. The quantitative estimate of drug-likeness (QED) is 0.270. The van der Waals surface area contributed by atoms with Gasteiger partial charge in [0.15, 0.2) is 0 Å². The highest BCUT2D eigenvalue weighted by Gasteiger charge is 2.20. The minimum absolute atomic E-state index is 0.0601. The fourth-order valence-corrected chi connectivity index (χ4v) is 3.05. The molecule has 0 atom stereocenters. The van der Waals surface area contributed by atoms with Crippen molar-refractivity contribution in [3.8, 4) is 0 Å².